The van der Waals surface area contributed by atoms with Crippen LogP contribution in [0, 0.1) is 0 Å². The van der Waals surface area contributed by atoms with Crippen molar-refractivity contribution in [2.24, 2.45) is 5.10 Å². The highest BCUT2D eigenvalue weighted by atomic mass is 35.5. The maximum atomic E-state index is 6.49. The molecule has 7 heteroatoms. The molecule has 0 aromatic heterocycles. The number of halogens is 2. The van der Waals surface area contributed by atoms with Crippen LogP contribution < -0.4 is 19.6 Å². The van der Waals surface area contributed by atoms with Crippen LogP contribution in [0.25, 0.3) is 0 Å². The van der Waals surface area contributed by atoms with Crippen LogP contribution in [-0.2, 0) is 13.2 Å². The molecule has 0 saturated carbocycles. The third kappa shape index (κ3) is 6.29. The number of benzene rings is 3. The minimum absolute atomic E-state index is 0.285. The Morgan fingerprint density at radius 3 is 2.39 bits per heavy atom. The smallest absolute Gasteiger partial charge is 0.180 e. The zero-order chi connectivity index (χ0) is 22.1. The van der Waals surface area contributed by atoms with Gasteiger partial charge in [-0.3, -0.25) is 0 Å². The summed E-state index contributed by atoms with van der Waals surface area (Å²) >= 11 is 12.7. The van der Waals surface area contributed by atoms with Gasteiger partial charge in [0.05, 0.1) is 31.5 Å². The second-order valence-electron chi connectivity index (χ2n) is 6.55. The van der Waals surface area contributed by atoms with Gasteiger partial charge in [-0.1, -0.05) is 59.6 Å². The second-order valence-corrected chi connectivity index (χ2v) is 7.36. The molecule has 0 aliphatic heterocycles. The standard InChI is InChI=1S/C24H24Cl2N2O3/c1-3-30-23-13-17(14-27-28-15-18-8-5-7-11-22(18)29-2)12-21(26)24(23)31-16-19-9-4-6-10-20(19)25/h4-14,28H,3,15-16H2,1-2H3/b27-14-. The predicted octanol–water partition coefficient (Wildman–Crippen LogP) is 6.10. The lowest BCUT2D eigenvalue weighted by molar-refractivity contribution is 0.269. The lowest BCUT2D eigenvalue weighted by Gasteiger charge is -2.15. The Labute approximate surface area is 192 Å². The molecule has 31 heavy (non-hydrogen) atoms. The monoisotopic (exact) mass is 458 g/mol. The summed E-state index contributed by atoms with van der Waals surface area (Å²) in [7, 11) is 1.65. The van der Waals surface area contributed by atoms with E-state index in [0.29, 0.717) is 34.7 Å². The zero-order valence-corrected chi connectivity index (χ0v) is 18.9. The van der Waals surface area contributed by atoms with Gasteiger partial charge in [-0.05, 0) is 36.8 Å². The molecule has 0 atom stereocenters. The number of nitrogens with one attached hydrogen (secondary N) is 1. The minimum Gasteiger partial charge on any atom is -0.496 e. The molecule has 3 rings (SSSR count). The van der Waals surface area contributed by atoms with Crippen LogP contribution in [0.4, 0.5) is 0 Å². The van der Waals surface area contributed by atoms with Crippen molar-refractivity contribution in [2.45, 2.75) is 20.1 Å². The van der Waals surface area contributed by atoms with Crippen molar-refractivity contribution in [1.82, 2.24) is 5.43 Å². The van der Waals surface area contributed by atoms with Gasteiger partial charge in [0.1, 0.15) is 12.4 Å². The van der Waals surface area contributed by atoms with Crippen molar-refractivity contribution in [3.8, 4) is 17.2 Å². The molecule has 0 unspecified atom stereocenters. The quantitative estimate of drug-likeness (QED) is 0.294. The first-order chi connectivity index (χ1) is 15.1. The predicted molar refractivity (Wildman–Crippen MR) is 126 cm³/mol. The first-order valence-electron chi connectivity index (χ1n) is 9.82. The molecule has 0 fully saturated rings. The van der Waals surface area contributed by atoms with Crippen LogP contribution in [0.1, 0.15) is 23.6 Å². The number of ether oxygens (including phenoxy) is 3. The Hall–Kier alpha value is -2.89. The van der Waals surface area contributed by atoms with Gasteiger partial charge < -0.3 is 19.6 Å². The summed E-state index contributed by atoms with van der Waals surface area (Å²) in [6.07, 6.45) is 1.68. The highest BCUT2D eigenvalue weighted by molar-refractivity contribution is 6.32. The van der Waals surface area contributed by atoms with Crippen molar-refractivity contribution in [3.63, 3.8) is 0 Å². The summed E-state index contributed by atoms with van der Waals surface area (Å²) in [5.74, 6) is 1.84. The third-order valence-corrected chi connectivity index (χ3v) is 5.08. The summed E-state index contributed by atoms with van der Waals surface area (Å²) in [5.41, 5.74) is 5.69. The normalized spacial score (nSPS) is 10.8. The van der Waals surface area contributed by atoms with Crippen molar-refractivity contribution in [1.29, 1.82) is 0 Å². The lowest BCUT2D eigenvalue weighted by atomic mass is 10.2. The SMILES string of the molecule is CCOc1cc(/C=N\NCc2ccccc2OC)cc(Cl)c1OCc1ccccc1Cl. The summed E-state index contributed by atoms with van der Waals surface area (Å²) in [6.45, 7) is 3.20. The fourth-order valence-electron chi connectivity index (χ4n) is 2.93. The summed E-state index contributed by atoms with van der Waals surface area (Å²) in [4.78, 5) is 0. The molecule has 0 heterocycles. The van der Waals surface area contributed by atoms with E-state index in [1.54, 1.807) is 19.4 Å². The summed E-state index contributed by atoms with van der Waals surface area (Å²) in [6, 6.07) is 18.9. The fourth-order valence-corrected chi connectivity index (χ4v) is 3.39. The Morgan fingerprint density at radius 1 is 0.903 bits per heavy atom. The fraction of sp³-hybridized carbons (Fsp3) is 0.208. The van der Waals surface area contributed by atoms with E-state index in [1.807, 2.05) is 61.5 Å². The van der Waals surface area contributed by atoms with Crippen LogP contribution in [-0.4, -0.2) is 19.9 Å². The van der Waals surface area contributed by atoms with Crippen molar-refractivity contribution >= 4 is 29.4 Å². The second kappa shape index (κ2) is 11.5. The molecule has 0 saturated heterocycles. The molecule has 3 aromatic carbocycles. The Balaban J connectivity index is 1.70. The molecule has 162 valence electrons. The molecule has 0 amide bonds. The average molecular weight is 459 g/mol. The topological polar surface area (TPSA) is 52.1 Å². The van der Waals surface area contributed by atoms with Gasteiger partial charge in [0, 0.05) is 16.1 Å². The maximum absolute atomic E-state index is 6.49. The lowest BCUT2D eigenvalue weighted by Crippen LogP contribution is -2.07. The highest BCUT2D eigenvalue weighted by Gasteiger charge is 2.13. The third-order valence-electron chi connectivity index (χ3n) is 4.43. The molecular formula is C24H24Cl2N2O3. The van der Waals surface area contributed by atoms with E-state index >= 15 is 0 Å². The number of hydrogen-bond donors (Lipinski definition) is 1. The molecule has 0 bridgehead atoms. The van der Waals surface area contributed by atoms with Crippen LogP contribution in [0.3, 0.4) is 0 Å². The van der Waals surface area contributed by atoms with Crippen molar-refractivity contribution in [3.05, 3.63) is 87.4 Å². The van der Waals surface area contributed by atoms with Crippen molar-refractivity contribution in [2.75, 3.05) is 13.7 Å². The van der Waals surface area contributed by atoms with Gasteiger partial charge in [0.2, 0.25) is 0 Å². The Morgan fingerprint density at radius 2 is 1.65 bits per heavy atom. The van der Waals surface area contributed by atoms with Crippen LogP contribution in [0.2, 0.25) is 10.0 Å². The van der Waals surface area contributed by atoms with Crippen LogP contribution >= 0.6 is 23.2 Å². The molecule has 0 spiro atoms. The van der Waals surface area contributed by atoms with E-state index < -0.39 is 0 Å². The molecule has 3 aromatic rings. The molecule has 5 nitrogen and oxygen atoms in total. The van der Waals surface area contributed by atoms with E-state index in [0.717, 1.165) is 22.4 Å². The molecule has 0 aliphatic carbocycles. The number of methoxy groups -OCH3 is 1. The van der Waals surface area contributed by atoms with Crippen LogP contribution in [0.15, 0.2) is 65.8 Å². The molecule has 1 N–H and O–H groups in total. The number of hydrogen-bond acceptors (Lipinski definition) is 5. The van der Waals surface area contributed by atoms with Gasteiger partial charge in [0.25, 0.3) is 0 Å². The van der Waals surface area contributed by atoms with E-state index in [2.05, 4.69) is 10.5 Å². The van der Waals surface area contributed by atoms with Gasteiger partial charge in [0.15, 0.2) is 11.5 Å². The van der Waals surface area contributed by atoms with Gasteiger partial charge in [-0.15, -0.1) is 0 Å². The first-order valence-corrected chi connectivity index (χ1v) is 10.6. The number of rotatable bonds is 10. The molecular weight excluding hydrogens is 435 g/mol. The minimum atomic E-state index is 0.285. The largest absolute Gasteiger partial charge is 0.496 e. The average Bonchev–Trinajstić information content (AvgIpc) is 2.77. The number of nitrogens with zero attached hydrogens (tertiary/aromatic N) is 1. The Bertz CT molecular complexity index is 1040. The zero-order valence-electron chi connectivity index (χ0n) is 17.4. The van der Waals surface area contributed by atoms with E-state index in [1.165, 1.54) is 0 Å². The highest BCUT2D eigenvalue weighted by Crippen LogP contribution is 2.37. The first kappa shape index (κ1) is 22.8. The number of hydrazone groups is 1. The van der Waals surface area contributed by atoms with E-state index in [9.17, 15) is 0 Å². The van der Waals surface area contributed by atoms with E-state index in [4.69, 9.17) is 37.4 Å². The van der Waals surface area contributed by atoms with E-state index in [-0.39, 0.29) is 6.61 Å². The van der Waals surface area contributed by atoms with Gasteiger partial charge in [-0.2, -0.15) is 5.10 Å². The van der Waals surface area contributed by atoms with Gasteiger partial charge >= 0.3 is 0 Å². The Kier molecular flexibility index (Phi) is 8.44. The summed E-state index contributed by atoms with van der Waals surface area (Å²) < 4.78 is 17.0. The molecule has 0 radical (unpaired) electrons. The molecule has 0 aliphatic rings. The summed E-state index contributed by atoms with van der Waals surface area (Å²) in [5, 5.41) is 5.36. The van der Waals surface area contributed by atoms with Crippen LogP contribution in [0.5, 0.6) is 17.2 Å². The number of para-hydroxylation sites is 1. The maximum Gasteiger partial charge on any atom is 0.180 e. The van der Waals surface area contributed by atoms with Gasteiger partial charge in [-0.25, -0.2) is 0 Å². The van der Waals surface area contributed by atoms with Crippen molar-refractivity contribution < 1.29 is 14.2 Å².